The fourth-order valence-corrected chi connectivity index (χ4v) is 3.47. The smallest absolute Gasteiger partial charge is 0.173 e. The first-order valence-electron chi connectivity index (χ1n) is 6.18. The molecule has 6 heteroatoms. The first kappa shape index (κ1) is 12.9. The second kappa shape index (κ2) is 4.79. The van der Waals surface area contributed by atoms with Crippen molar-refractivity contribution in [2.75, 3.05) is 18.2 Å². The lowest BCUT2D eigenvalue weighted by Crippen LogP contribution is -2.21. The van der Waals surface area contributed by atoms with Crippen molar-refractivity contribution >= 4 is 26.4 Å². The molecule has 2 heterocycles. The molecule has 1 atom stereocenters. The molecule has 0 fully saturated rings. The summed E-state index contributed by atoms with van der Waals surface area (Å²) in [5, 5.41) is 6.34. The number of fused-ring (bicyclic) bond motifs is 1. The second-order valence-electron chi connectivity index (χ2n) is 4.66. The number of sulfone groups is 1. The Hall–Kier alpha value is -2.08. The van der Waals surface area contributed by atoms with Gasteiger partial charge < -0.3 is 10.1 Å². The highest BCUT2D eigenvalue weighted by molar-refractivity contribution is 7.94. The molecule has 1 aliphatic rings. The molecule has 0 aliphatic carbocycles. The van der Waals surface area contributed by atoms with Gasteiger partial charge in [-0.1, -0.05) is 0 Å². The molecule has 1 aliphatic heterocycles. The summed E-state index contributed by atoms with van der Waals surface area (Å²) in [6.07, 6.45) is 3.34. The third kappa shape index (κ3) is 2.46. The number of nitrogens with one attached hydrogen (secondary N) is 1. The van der Waals surface area contributed by atoms with Gasteiger partial charge >= 0.3 is 0 Å². The van der Waals surface area contributed by atoms with Gasteiger partial charge in [0.15, 0.2) is 9.84 Å². The van der Waals surface area contributed by atoms with Crippen LogP contribution in [0.3, 0.4) is 0 Å². The van der Waals surface area contributed by atoms with Crippen LogP contribution in [0.4, 0.5) is 5.82 Å². The molecule has 0 saturated heterocycles. The van der Waals surface area contributed by atoms with Gasteiger partial charge in [-0.3, -0.25) is 0 Å². The van der Waals surface area contributed by atoms with E-state index in [0.29, 0.717) is 5.82 Å². The van der Waals surface area contributed by atoms with E-state index in [0.717, 1.165) is 16.5 Å². The minimum atomic E-state index is -3.07. The molecule has 1 N–H and O–H groups in total. The first-order chi connectivity index (χ1) is 9.57. The third-order valence-corrected chi connectivity index (χ3v) is 4.62. The molecule has 20 heavy (non-hydrogen) atoms. The zero-order valence-corrected chi connectivity index (χ0v) is 11.7. The summed E-state index contributed by atoms with van der Waals surface area (Å²) in [6, 6.07) is 7.35. The molecule has 1 aromatic carbocycles. The number of aromatic nitrogens is 1. The predicted molar refractivity (Wildman–Crippen MR) is 78.6 cm³/mol. The number of hydrogen-bond acceptors (Lipinski definition) is 5. The maximum atomic E-state index is 11.4. The molecular formula is C14H14N2O3S. The zero-order chi connectivity index (χ0) is 14.2. The van der Waals surface area contributed by atoms with E-state index in [2.05, 4.69) is 10.3 Å². The average molecular weight is 290 g/mol. The van der Waals surface area contributed by atoms with Crippen LogP contribution in [-0.2, 0) is 9.84 Å². The van der Waals surface area contributed by atoms with Crippen LogP contribution in [0.5, 0.6) is 5.75 Å². The lowest BCUT2D eigenvalue weighted by atomic mass is 10.1. The van der Waals surface area contributed by atoms with Crippen LogP contribution in [0, 0.1) is 0 Å². The van der Waals surface area contributed by atoms with Gasteiger partial charge in [-0.25, -0.2) is 13.4 Å². The lowest BCUT2D eigenvalue weighted by Gasteiger charge is -2.13. The SMILES string of the molecule is COc1ccc2c(NC3C=CS(=O)(=O)C3)nccc2c1. The van der Waals surface area contributed by atoms with Crippen molar-refractivity contribution in [3.05, 3.63) is 41.9 Å². The monoisotopic (exact) mass is 290 g/mol. The summed E-state index contributed by atoms with van der Waals surface area (Å²) in [4.78, 5) is 4.29. The van der Waals surface area contributed by atoms with Crippen molar-refractivity contribution in [3.8, 4) is 5.75 Å². The second-order valence-corrected chi connectivity index (χ2v) is 6.59. The number of pyridine rings is 1. The van der Waals surface area contributed by atoms with Gasteiger partial charge in [0.05, 0.1) is 18.9 Å². The van der Waals surface area contributed by atoms with E-state index in [1.54, 1.807) is 19.4 Å². The maximum absolute atomic E-state index is 11.4. The summed E-state index contributed by atoms with van der Waals surface area (Å²) in [6.45, 7) is 0. The number of benzene rings is 1. The maximum Gasteiger partial charge on any atom is 0.173 e. The van der Waals surface area contributed by atoms with E-state index in [1.807, 2.05) is 24.3 Å². The van der Waals surface area contributed by atoms with Crippen LogP contribution in [-0.4, -0.2) is 32.3 Å². The van der Waals surface area contributed by atoms with Crippen LogP contribution in [0.15, 0.2) is 41.9 Å². The molecule has 2 aromatic rings. The van der Waals surface area contributed by atoms with Crippen molar-refractivity contribution in [2.45, 2.75) is 6.04 Å². The zero-order valence-electron chi connectivity index (χ0n) is 10.9. The third-order valence-electron chi connectivity index (χ3n) is 3.22. The molecule has 0 radical (unpaired) electrons. The minimum absolute atomic E-state index is 0.0707. The van der Waals surface area contributed by atoms with Gasteiger partial charge in [-0.05, 0) is 35.7 Å². The molecule has 0 bridgehead atoms. The van der Waals surface area contributed by atoms with Gasteiger partial charge in [0.1, 0.15) is 11.6 Å². The van der Waals surface area contributed by atoms with Gasteiger partial charge in [-0.15, -0.1) is 0 Å². The van der Waals surface area contributed by atoms with Gasteiger partial charge in [0.2, 0.25) is 0 Å². The summed E-state index contributed by atoms with van der Waals surface area (Å²) in [5.74, 6) is 1.52. The number of anilines is 1. The Balaban J connectivity index is 1.94. The Kier molecular flexibility index (Phi) is 3.10. The topological polar surface area (TPSA) is 68.3 Å². The van der Waals surface area contributed by atoms with Crippen molar-refractivity contribution in [3.63, 3.8) is 0 Å². The van der Waals surface area contributed by atoms with E-state index in [-0.39, 0.29) is 11.8 Å². The highest BCUT2D eigenvalue weighted by atomic mass is 32.2. The Morgan fingerprint density at radius 3 is 2.90 bits per heavy atom. The predicted octanol–water partition coefficient (Wildman–Crippen LogP) is 1.97. The van der Waals surface area contributed by atoms with E-state index in [9.17, 15) is 8.42 Å². The van der Waals surface area contributed by atoms with Crippen LogP contribution in [0.1, 0.15) is 0 Å². The quantitative estimate of drug-likeness (QED) is 0.936. The van der Waals surface area contributed by atoms with E-state index in [1.165, 1.54) is 5.41 Å². The van der Waals surface area contributed by atoms with Gasteiger partial charge in [-0.2, -0.15) is 0 Å². The van der Waals surface area contributed by atoms with Crippen molar-refractivity contribution in [2.24, 2.45) is 0 Å². The molecule has 0 spiro atoms. The molecule has 3 rings (SSSR count). The number of hydrogen-bond donors (Lipinski definition) is 1. The van der Waals surface area contributed by atoms with Crippen LogP contribution >= 0.6 is 0 Å². The fraction of sp³-hybridized carbons (Fsp3) is 0.214. The van der Waals surface area contributed by atoms with Gasteiger partial charge in [0, 0.05) is 17.0 Å². The highest BCUT2D eigenvalue weighted by Gasteiger charge is 2.22. The number of ether oxygens (including phenoxy) is 1. The molecule has 1 unspecified atom stereocenters. The Morgan fingerprint density at radius 2 is 2.20 bits per heavy atom. The molecule has 104 valence electrons. The molecular weight excluding hydrogens is 276 g/mol. The molecule has 0 saturated carbocycles. The minimum Gasteiger partial charge on any atom is -0.497 e. The Labute approximate surface area is 117 Å². The standard InChI is InChI=1S/C14H14N2O3S/c1-19-12-2-3-13-10(8-12)4-6-15-14(13)16-11-5-7-20(17,18)9-11/h2-8,11H,9H2,1H3,(H,15,16). The van der Waals surface area contributed by atoms with Crippen LogP contribution in [0.25, 0.3) is 10.8 Å². The fourth-order valence-electron chi connectivity index (χ4n) is 2.24. The summed E-state index contributed by atoms with van der Waals surface area (Å²) in [7, 11) is -1.45. The molecule has 5 nitrogen and oxygen atoms in total. The van der Waals surface area contributed by atoms with Gasteiger partial charge in [0.25, 0.3) is 0 Å². The molecule has 0 amide bonds. The van der Waals surface area contributed by atoms with Crippen molar-refractivity contribution < 1.29 is 13.2 Å². The summed E-state index contributed by atoms with van der Waals surface area (Å²) in [5.41, 5.74) is 0. The van der Waals surface area contributed by atoms with E-state index < -0.39 is 9.84 Å². The normalized spacial score (nSPS) is 20.1. The summed E-state index contributed by atoms with van der Waals surface area (Å²) < 4.78 is 28.0. The van der Waals surface area contributed by atoms with Crippen molar-refractivity contribution in [1.29, 1.82) is 0 Å². The largest absolute Gasteiger partial charge is 0.497 e. The average Bonchev–Trinajstić information content (AvgIpc) is 2.77. The van der Waals surface area contributed by atoms with E-state index in [4.69, 9.17) is 4.74 Å². The lowest BCUT2D eigenvalue weighted by molar-refractivity contribution is 0.415. The molecule has 1 aromatic heterocycles. The van der Waals surface area contributed by atoms with Crippen LogP contribution < -0.4 is 10.1 Å². The summed E-state index contributed by atoms with van der Waals surface area (Å²) >= 11 is 0. The van der Waals surface area contributed by atoms with Crippen molar-refractivity contribution in [1.82, 2.24) is 4.98 Å². The van der Waals surface area contributed by atoms with E-state index >= 15 is 0 Å². The number of methoxy groups -OCH3 is 1. The van der Waals surface area contributed by atoms with Crippen LogP contribution in [0.2, 0.25) is 0 Å². The Bertz CT molecular complexity index is 784. The number of nitrogens with zero attached hydrogens (tertiary/aromatic N) is 1. The number of rotatable bonds is 3. The highest BCUT2D eigenvalue weighted by Crippen LogP contribution is 2.26. The Morgan fingerprint density at radius 1 is 1.35 bits per heavy atom. The first-order valence-corrected chi connectivity index (χ1v) is 7.89.